The van der Waals surface area contributed by atoms with Gasteiger partial charge in [-0.15, -0.1) is 0 Å². The fraction of sp³-hybridized carbons (Fsp3) is 0.643. The lowest BCUT2D eigenvalue weighted by Gasteiger charge is -2.37. The molecule has 2 aromatic rings. The molecule has 19 heavy (non-hydrogen) atoms. The standard InChI is InChI=1S/C14H18N4S/c1-9-17-11-12(15-8-16-13(11)19-9)18-7-10-4-3-5-14(18,2)6-10/h8,10H,3-7H2,1-2H3/t10-,14+/m0/s1. The normalized spacial score (nSPS) is 30.2. The van der Waals surface area contributed by atoms with Crippen LogP contribution in [0.5, 0.6) is 0 Å². The average molecular weight is 274 g/mol. The van der Waals surface area contributed by atoms with Gasteiger partial charge in [-0.2, -0.15) is 0 Å². The molecule has 0 unspecified atom stereocenters. The van der Waals surface area contributed by atoms with Crippen molar-refractivity contribution in [1.29, 1.82) is 0 Å². The smallest absolute Gasteiger partial charge is 0.160 e. The molecule has 0 N–H and O–H groups in total. The van der Waals surface area contributed by atoms with E-state index in [4.69, 9.17) is 0 Å². The van der Waals surface area contributed by atoms with Crippen LogP contribution in [0.25, 0.3) is 10.3 Å². The summed E-state index contributed by atoms with van der Waals surface area (Å²) in [6, 6.07) is 0. The Kier molecular flexibility index (Phi) is 2.37. The molecule has 1 saturated carbocycles. The topological polar surface area (TPSA) is 41.9 Å². The summed E-state index contributed by atoms with van der Waals surface area (Å²) in [5.41, 5.74) is 1.28. The van der Waals surface area contributed by atoms with Crippen LogP contribution in [0.2, 0.25) is 0 Å². The summed E-state index contributed by atoms with van der Waals surface area (Å²) in [7, 11) is 0. The summed E-state index contributed by atoms with van der Waals surface area (Å²) >= 11 is 1.66. The van der Waals surface area contributed by atoms with Gasteiger partial charge in [-0.3, -0.25) is 0 Å². The second kappa shape index (κ2) is 3.88. The molecule has 2 aliphatic rings. The minimum Gasteiger partial charge on any atom is -0.349 e. The highest BCUT2D eigenvalue weighted by Gasteiger charge is 2.45. The Morgan fingerprint density at radius 1 is 1.42 bits per heavy atom. The van der Waals surface area contributed by atoms with Gasteiger partial charge in [0, 0.05) is 12.1 Å². The van der Waals surface area contributed by atoms with Crippen LogP contribution in [-0.4, -0.2) is 27.0 Å². The molecule has 1 saturated heterocycles. The van der Waals surface area contributed by atoms with Crippen molar-refractivity contribution in [2.24, 2.45) is 5.92 Å². The van der Waals surface area contributed by atoms with E-state index in [1.807, 2.05) is 6.92 Å². The number of fused-ring (bicyclic) bond motifs is 3. The quantitative estimate of drug-likeness (QED) is 0.801. The molecule has 4 nitrogen and oxygen atoms in total. The fourth-order valence-electron chi connectivity index (χ4n) is 3.86. The molecular formula is C14H18N4S. The van der Waals surface area contributed by atoms with Crippen LogP contribution < -0.4 is 4.90 Å². The fourth-order valence-corrected chi connectivity index (χ4v) is 4.61. The SMILES string of the molecule is Cc1nc2c(N3C[C@H]4CCC[C@]3(C)C4)ncnc2s1. The molecule has 0 spiro atoms. The van der Waals surface area contributed by atoms with Gasteiger partial charge in [0.15, 0.2) is 5.82 Å². The van der Waals surface area contributed by atoms with Crippen LogP contribution in [0, 0.1) is 12.8 Å². The second-order valence-electron chi connectivity index (χ2n) is 6.15. The number of aromatic nitrogens is 3. The van der Waals surface area contributed by atoms with Crippen molar-refractivity contribution in [2.75, 3.05) is 11.4 Å². The Hall–Kier alpha value is -1.23. The van der Waals surface area contributed by atoms with Gasteiger partial charge >= 0.3 is 0 Å². The number of hydrogen-bond donors (Lipinski definition) is 0. The number of thiazole rings is 1. The van der Waals surface area contributed by atoms with Gasteiger partial charge in [0.25, 0.3) is 0 Å². The minimum absolute atomic E-state index is 0.279. The van der Waals surface area contributed by atoms with E-state index in [0.29, 0.717) is 0 Å². The van der Waals surface area contributed by atoms with Gasteiger partial charge in [-0.25, -0.2) is 15.0 Å². The third kappa shape index (κ3) is 1.67. The molecule has 3 heterocycles. The van der Waals surface area contributed by atoms with E-state index >= 15 is 0 Å². The van der Waals surface area contributed by atoms with Gasteiger partial charge in [-0.05, 0) is 39.0 Å². The summed E-state index contributed by atoms with van der Waals surface area (Å²) in [5, 5.41) is 1.07. The molecule has 100 valence electrons. The maximum atomic E-state index is 4.65. The van der Waals surface area contributed by atoms with Crippen LogP contribution >= 0.6 is 11.3 Å². The average Bonchev–Trinajstić information content (AvgIpc) is 2.85. The lowest BCUT2D eigenvalue weighted by atomic mass is 9.81. The molecule has 5 heteroatoms. The second-order valence-corrected chi connectivity index (χ2v) is 7.34. The highest BCUT2D eigenvalue weighted by Crippen LogP contribution is 2.46. The number of nitrogens with zero attached hydrogens (tertiary/aromatic N) is 4. The van der Waals surface area contributed by atoms with E-state index in [9.17, 15) is 0 Å². The van der Waals surface area contributed by atoms with E-state index < -0.39 is 0 Å². The van der Waals surface area contributed by atoms with Gasteiger partial charge in [0.1, 0.15) is 16.7 Å². The van der Waals surface area contributed by atoms with Crippen LogP contribution in [0.15, 0.2) is 6.33 Å². The van der Waals surface area contributed by atoms with Crippen LogP contribution in [0.3, 0.4) is 0 Å². The van der Waals surface area contributed by atoms with Crippen molar-refractivity contribution in [3.8, 4) is 0 Å². The summed E-state index contributed by atoms with van der Waals surface area (Å²) in [5.74, 6) is 1.89. The Labute approximate surface area is 116 Å². The predicted octanol–water partition coefficient (Wildman–Crippen LogP) is 3.16. The van der Waals surface area contributed by atoms with Gasteiger partial charge in [0.05, 0.1) is 5.01 Å². The van der Waals surface area contributed by atoms with Crippen molar-refractivity contribution in [2.45, 2.75) is 45.1 Å². The van der Waals surface area contributed by atoms with Gasteiger partial charge in [-0.1, -0.05) is 17.8 Å². The Morgan fingerprint density at radius 2 is 2.32 bits per heavy atom. The summed E-state index contributed by atoms with van der Waals surface area (Å²) < 4.78 is 0. The molecule has 0 radical (unpaired) electrons. The Balaban J connectivity index is 1.86. The van der Waals surface area contributed by atoms with Gasteiger partial charge < -0.3 is 4.90 Å². The molecule has 0 amide bonds. The van der Waals surface area contributed by atoms with Crippen molar-refractivity contribution in [3.05, 3.63) is 11.3 Å². The lowest BCUT2D eigenvalue weighted by molar-refractivity contribution is 0.325. The zero-order valence-electron chi connectivity index (χ0n) is 11.4. The van der Waals surface area contributed by atoms with E-state index in [0.717, 1.165) is 33.6 Å². The molecule has 1 aliphatic heterocycles. The van der Waals surface area contributed by atoms with Crippen LogP contribution in [-0.2, 0) is 0 Å². The molecule has 2 fully saturated rings. The highest BCUT2D eigenvalue weighted by atomic mass is 32.1. The van der Waals surface area contributed by atoms with Crippen molar-refractivity contribution in [3.63, 3.8) is 0 Å². The Bertz CT molecular complexity index is 637. The predicted molar refractivity (Wildman–Crippen MR) is 77.7 cm³/mol. The number of hydrogen-bond acceptors (Lipinski definition) is 5. The summed E-state index contributed by atoms with van der Waals surface area (Å²) in [6.07, 6.45) is 7.00. The molecule has 2 atom stereocenters. The van der Waals surface area contributed by atoms with E-state index in [2.05, 4.69) is 26.8 Å². The largest absolute Gasteiger partial charge is 0.349 e. The van der Waals surface area contributed by atoms with Crippen molar-refractivity contribution < 1.29 is 0 Å². The summed E-state index contributed by atoms with van der Waals surface area (Å²) in [4.78, 5) is 17.1. The zero-order valence-corrected chi connectivity index (χ0v) is 12.2. The van der Waals surface area contributed by atoms with Crippen LogP contribution in [0.4, 0.5) is 5.82 Å². The first kappa shape index (κ1) is 11.6. The Morgan fingerprint density at radius 3 is 3.16 bits per heavy atom. The maximum absolute atomic E-state index is 4.65. The summed E-state index contributed by atoms with van der Waals surface area (Å²) in [6.45, 7) is 5.57. The number of rotatable bonds is 1. The molecule has 4 rings (SSSR count). The molecule has 1 aliphatic carbocycles. The zero-order chi connectivity index (χ0) is 13.0. The van der Waals surface area contributed by atoms with E-state index in [-0.39, 0.29) is 5.54 Å². The van der Waals surface area contributed by atoms with E-state index in [1.54, 1.807) is 17.7 Å². The monoisotopic (exact) mass is 274 g/mol. The van der Waals surface area contributed by atoms with Crippen molar-refractivity contribution in [1.82, 2.24) is 15.0 Å². The molecule has 2 bridgehead atoms. The van der Waals surface area contributed by atoms with Gasteiger partial charge in [0.2, 0.25) is 0 Å². The maximum Gasteiger partial charge on any atom is 0.160 e. The number of anilines is 1. The van der Waals surface area contributed by atoms with Crippen LogP contribution in [0.1, 0.15) is 37.6 Å². The van der Waals surface area contributed by atoms with E-state index in [1.165, 1.54) is 25.7 Å². The number of aryl methyl sites for hydroxylation is 1. The van der Waals surface area contributed by atoms with Crippen molar-refractivity contribution >= 4 is 27.5 Å². The molecule has 2 aromatic heterocycles. The third-order valence-electron chi connectivity index (χ3n) is 4.69. The molecule has 0 aromatic carbocycles. The first-order valence-corrected chi connectivity index (χ1v) is 7.83. The first-order valence-electron chi connectivity index (χ1n) is 7.01. The molecular weight excluding hydrogens is 256 g/mol. The first-order chi connectivity index (χ1) is 9.16. The third-order valence-corrected chi connectivity index (χ3v) is 5.57. The lowest BCUT2D eigenvalue weighted by Crippen LogP contribution is -2.41. The highest BCUT2D eigenvalue weighted by molar-refractivity contribution is 7.18. The minimum atomic E-state index is 0.279.